The highest BCUT2D eigenvalue weighted by Gasteiger charge is 2.21. The largest absolute Gasteiger partial charge is 0.271 e. The van der Waals surface area contributed by atoms with Crippen molar-refractivity contribution in [2.45, 2.75) is 39.3 Å². The first-order valence-electron chi connectivity index (χ1n) is 6.77. The van der Waals surface area contributed by atoms with Crippen LogP contribution in [0, 0.1) is 6.92 Å². The Morgan fingerprint density at radius 2 is 2.15 bits per heavy atom. The summed E-state index contributed by atoms with van der Waals surface area (Å²) in [4.78, 5) is 0. The minimum Gasteiger partial charge on any atom is -0.271 e. The molecule has 0 fully saturated rings. The number of rotatable bonds is 5. The highest BCUT2D eigenvalue weighted by molar-refractivity contribution is 6.31. The third-order valence-corrected chi connectivity index (χ3v) is 3.62. The highest BCUT2D eigenvalue weighted by atomic mass is 35.5. The Bertz CT molecular complexity index is 577. The maximum atomic E-state index is 6.28. The predicted octanol–water partition coefficient (Wildman–Crippen LogP) is 3.17. The zero-order valence-electron chi connectivity index (χ0n) is 12.1. The molecule has 20 heavy (non-hydrogen) atoms. The lowest BCUT2D eigenvalue weighted by Gasteiger charge is -2.20. The van der Waals surface area contributed by atoms with Gasteiger partial charge in [-0.25, -0.2) is 0 Å². The number of hydrogen-bond acceptors (Lipinski definition) is 3. The van der Waals surface area contributed by atoms with Crippen LogP contribution < -0.4 is 11.3 Å². The van der Waals surface area contributed by atoms with E-state index in [1.807, 2.05) is 4.68 Å². The highest BCUT2D eigenvalue weighted by Crippen LogP contribution is 2.27. The van der Waals surface area contributed by atoms with Gasteiger partial charge in [0.2, 0.25) is 0 Å². The SMILES string of the molecule is Cc1cccc(CC(NN)c2c(Cl)cnn2C(C)C)c1. The van der Waals surface area contributed by atoms with Gasteiger partial charge in [0.05, 0.1) is 23.0 Å². The van der Waals surface area contributed by atoms with Crippen LogP contribution in [0.25, 0.3) is 0 Å². The van der Waals surface area contributed by atoms with E-state index in [2.05, 4.69) is 55.6 Å². The van der Waals surface area contributed by atoms with Gasteiger partial charge in [-0.05, 0) is 32.8 Å². The first-order chi connectivity index (χ1) is 9.52. The van der Waals surface area contributed by atoms with Crippen molar-refractivity contribution in [3.63, 3.8) is 0 Å². The van der Waals surface area contributed by atoms with Gasteiger partial charge in [0.25, 0.3) is 0 Å². The van der Waals surface area contributed by atoms with Crippen molar-refractivity contribution >= 4 is 11.6 Å². The molecule has 0 amide bonds. The van der Waals surface area contributed by atoms with Crippen LogP contribution in [0.2, 0.25) is 5.02 Å². The molecule has 0 saturated heterocycles. The molecular formula is C15H21ClN4. The van der Waals surface area contributed by atoms with E-state index in [0.717, 1.165) is 12.1 Å². The van der Waals surface area contributed by atoms with Crippen LogP contribution in [-0.4, -0.2) is 9.78 Å². The predicted molar refractivity (Wildman–Crippen MR) is 82.6 cm³/mol. The zero-order valence-corrected chi connectivity index (χ0v) is 12.9. The third kappa shape index (κ3) is 3.20. The van der Waals surface area contributed by atoms with Gasteiger partial charge in [0.15, 0.2) is 0 Å². The lowest BCUT2D eigenvalue weighted by molar-refractivity contribution is 0.448. The molecule has 0 radical (unpaired) electrons. The van der Waals surface area contributed by atoms with Crippen LogP contribution in [0.5, 0.6) is 0 Å². The van der Waals surface area contributed by atoms with Crippen LogP contribution in [0.1, 0.15) is 42.8 Å². The van der Waals surface area contributed by atoms with E-state index in [9.17, 15) is 0 Å². The molecule has 1 atom stereocenters. The van der Waals surface area contributed by atoms with Crippen LogP contribution in [0.15, 0.2) is 30.5 Å². The van der Waals surface area contributed by atoms with Gasteiger partial charge in [-0.1, -0.05) is 41.4 Å². The van der Waals surface area contributed by atoms with Crippen molar-refractivity contribution in [3.8, 4) is 0 Å². The van der Waals surface area contributed by atoms with Crippen LogP contribution in [0.4, 0.5) is 0 Å². The van der Waals surface area contributed by atoms with E-state index in [4.69, 9.17) is 17.4 Å². The van der Waals surface area contributed by atoms with E-state index in [-0.39, 0.29) is 12.1 Å². The van der Waals surface area contributed by atoms with Crippen LogP contribution >= 0.6 is 11.6 Å². The van der Waals surface area contributed by atoms with Gasteiger partial charge in [-0.15, -0.1) is 0 Å². The Labute approximate surface area is 124 Å². The number of aryl methyl sites for hydroxylation is 1. The molecule has 2 aromatic rings. The van der Waals surface area contributed by atoms with Gasteiger partial charge in [0.1, 0.15) is 0 Å². The third-order valence-electron chi connectivity index (χ3n) is 3.33. The fourth-order valence-corrected chi connectivity index (χ4v) is 2.66. The summed E-state index contributed by atoms with van der Waals surface area (Å²) in [6.45, 7) is 6.24. The smallest absolute Gasteiger partial charge is 0.0834 e. The lowest BCUT2D eigenvalue weighted by atomic mass is 10.0. The molecule has 1 heterocycles. The van der Waals surface area contributed by atoms with Gasteiger partial charge in [0, 0.05) is 6.04 Å². The molecule has 0 bridgehead atoms. The van der Waals surface area contributed by atoms with E-state index in [1.54, 1.807) is 6.20 Å². The number of aromatic nitrogens is 2. The Morgan fingerprint density at radius 3 is 2.75 bits per heavy atom. The molecule has 0 spiro atoms. The summed E-state index contributed by atoms with van der Waals surface area (Å²) < 4.78 is 1.92. The molecular weight excluding hydrogens is 272 g/mol. The summed E-state index contributed by atoms with van der Waals surface area (Å²) in [5.41, 5.74) is 6.26. The van der Waals surface area contributed by atoms with Gasteiger partial charge in [-0.3, -0.25) is 16.0 Å². The normalized spacial score (nSPS) is 12.9. The standard InChI is InChI=1S/C15H21ClN4/c1-10(2)20-15(13(16)9-18-20)14(19-17)8-12-6-4-5-11(3)7-12/h4-7,9-10,14,19H,8,17H2,1-3H3. The number of nitrogens with two attached hydrogens (primary N) is 1. The number of nitrogens with one attached hydrogen (secondary N) is 1. The molecule has 1 aromatic heterocycles. The summed E-state index contributed by atoms with van der Waals surface area (Å²) in [5.74, 6) is 5.74. The average molecular weight is 293 g/mol. The molecule has 0 aliphatic rings. The summed E-state index contributed by atoms with van der Waals surface area (Å²) in [7, 11) is 0. The monoisotopic (exact) mass is 292 g/mol. The second kappa shape index (κ2) is 6.39. The van der Waals surface area contributed by atoms with E-state index in [0.29, 0.717) is 5.02 Å². The first-order valence-corrected chi connectivity index (χ1v) is 7.15. The topological polar surface area (TPSA) is 55.9 Å². The van der Waals surface area contributed by atoms with Crippen molar-refractivity contribution in [2.24, 2.45) is 5.84 Å². The molecule has 0 saturated carbocycles. The first kappa shape index (κ1) is 15.0. The number of benzene rings is 1. The van der Waals surface area contributed by atoms with Crippen molar-refractivity contribution in [1.82, 2.24) is 15.2 Å². The Morgan fingerprint density at radius 1 is 1.40 bits per heavy atom. The summed E-state index contributed by atoms with van der Waals surface area (Å²) in [6, 6.07) is 8.58. The lowest BCUT2D eigenvalue weighted by Crippen LogP contribution is -2.32. The summed E-state index contributed by atoms with van der Waals surface area (Å²) in [6.07, 6.45) is 2.45. The van der Waals surface area contributed by atoms with E-state index in [1.165, 1.54) is 11.1 Å². The maximum Gasteiger partial charge on any atom is 0.0834 e. The van der Waals surface area contributed by atoms with Crippen molar-refractivity contribution < 1.29 is 0 Å². The fourth-order valence-electron chi connectivity index (χ4n) is 2.40. The fraction of sp³-hybridized carbons (Fsp3) is 0.400. The second-order valence-corrected chi connectivity index (χ2v) is 5.74. The summed E-state index contributed by atoms with van der Waals surface area (Å²) >= 11 is 6.28. The molecule has 4 nitrogen and oxygen atoms in total. The van der Waals surface area contributed by atoms with Crippen LogP contribution in [-0.2, 0) is 6.42 Å². The van der Waals surface area contributed by atoms with Gasteiger partial charge >= 0.3 is 0 Å². The quantitative estimate of drug-likeness (QED) is 0.657. The number of hydrazine groups is 1. The van der Waals surface area contributed by atoms with E-state index < -0.39 is 0 Å². The molecule has 3 N–H and O–H groups in total. The van der Waals surface area contributed by atoms with Gasteiger partial charge in [-0.2, -0.15) is 5.10 Å². The second-order valence-electron chi connectivity index (χ2n) is 5.33. The minimum atomic E-state index is -0.0609. The Kier molecular flexibility index (Phi) is 4.81. The van der Waals surface area contributed by atoms with Crippen molar-refractivity contribution in [3.05, 3.63) is 52.3 Å². The van der Waals surface area contributed by atoms with Crippen LogP contribution in [0.3, 0.4) is 0 Å². The average Bonchev–Trinajstić information content (AvgIpc) is 2.78. The zero-order chi connectivity index (χ0) is 14.7. The number of nitrogens with zero attached hydrogens (tertiary/aromatic N) is 2. The maximum absolute atomic E-state index is 6.28. The molecule has 5 heteroatoms. The Hall–Kier alpha value is -1.36. The van der Waals surface area contributed by atoms with Crippen molar-refractivity contribution in [1.29, 1.82) is 0 Å². The molecule has 2 rings (SSSR count). The summed E-state index contributed by atoms with van der Waals surface area (Å²) in [5, 5.41) is 4.98. The van der Waals surface area contributed by atoms with Gasteiger partial charge < -0.3 is 0 Å². The number of hydrogen-bond donors (Lipinski definition) is 2. The molecule has 1 aromatic carbocycles. The molecule has 1 unspecified atom stereocenters. The molecule has 0 aliphatic carbocycles. The Balaban J connectivity index is 2.31. The van der Waals surface area contributed by atoms with Crippen molar-refractivity contribution in [2.75, 3.05) is 0 Å². The van der Waals surface area contributed by atoms with E-state index >= 15 is 0 Å². The minimum absolute atomic E-state index is 0.0609. The molecule has 108 valence electrons. The number of halogens is 1. The molecule has 0 aliphatic heterocycles.